The zero-order valence-corrected chi connectivity index (χ0v) is 14.6. The molecule has 0 bridgehead atoms. The molecular formula is C19H13N3O4S. The number of rotatable bonds is 3. The number of hydrogen-bond donors (Lipinski definition) is 3. The van der Waals surface area contributed by atoms with E-state index < -0.39 is 10.8 Å². The second-order valence-corrected chi connectivity index (χ2v) is 6.72. The van der Waals surface area contributed by atoms with Crippen LogP contribution in [0.15, 0.2) is 58.3 Å². The lowest BCUT2D eigenvalue weighted by Crippen LogP contribution is -2.29. The Morgan fingerprint density at radius 1 is 1.11 bits per heavy atom. The fourth-order valence-electron chi connectivity index (χ4n) is 2.70. The molecule has 134 valence electrons. The highest BCUT2D eigenvalue weighted by Crippen LogP contribution is 2.34. The predicted octanol–water partition coefficient (Wildman–Crippen LogP) is 2.96. The normalized spacial score (nSPS) is 13.7. The van der Waals surface area contributed by atoms with E-state index in [1.54, 1.807) is 24.4 Å². The Morgan fingerprint density at radius 2 is 1.85 bits per heavy atom. The number of benzene rings is 2. The first-order valence-corrected chi connectivity index (χ1v) is 8.75. The van der Waals surface area contributed by atoms with Crippen molar-refractivity contribution >= 4 is 40.8 Å². The summed E-state index contributed by atoms with van der Waals surface area (Å²) in [6, 6.07) is 13.4. The number of nitrogens with one attached hydrogen (secondary N) is 1. The third kappa shape index (κ3) is 3.02. The van der Waals surface area contributed by atoms with E-state index >= 15 is 0 Å². The molecule has 1 aliphatic heterocycles. The molecule has 1 aliphatic rings. The summed E-state index contributed by atoms with van der Waals surface area (Å²) in [5, 5.41) is 20.1. The molecule has 0 atom stereocenters. The number of nitrogens with zero attached hydrogens (tertiary/aromatic N) is 2. The lowest BCUT2D eigenvalue weighted by atomic mass is 10.1. The minimum atomic E-state index is -0.713. The molecule has 0 saturated heterocycles. The number of phenols is 1. The number of aromatic hydroxyl groups is 2. The van der Waals surface area contributed by atoms with Crippen molar-refractivity contribution in [2.24, 2.45) is 4.99 Å². The van der Waals surface area contributed by atoms with E-state index in [0.29, 0.717) is 0 Å². The predicted molar refractivity (Wildman–Crippen MR) is 105 cm³/mol. The first-order valence-electron chi connectivity index (χ1n) is 7.94. The lowest BCUT2D eigenvalue weighted by molar-refractivity contribution is 0.100. The SMILES string of the molecule is O=C(Nn1c(O)c(/C=C2\C=Nc3ccccc32)sc1=O)c1ccccc1O. The molecule has 27 heavy (non-hydrogen) atoms. The quantitative estimate of drug-likeness (QED) is 0.651. The minimum Gasteiger partial charge on any atom is -0.507 e. The fraction of sp³-hybridized carbons (Fsp3) is 0. The van der Waals surface area contributed by atoms with Crippen molar-refractivity contribution in [2.45, 2.75) is 0 Å². The highest BCUT2D eigenvalue weighted by atomic mass is 32.1. The minimum absolute atomic E-state index is 0.00763. The van der Waals surface area contributed by atoms with E-state index in [2.05, 4.69) is 10.4 Å². The van der Waals surface area contributed by atoms with E-state index in [1.165, 1.54) is 12.1 Å². The number of carbonyl (C=O) groups is 1. The van der Waals surface area contributed by atoms with Gasteiger partial charge >= 0.3 is 4.87 Å². The van der Waals surface area contributed by atoms with Gasteiger partial charge in [-0.2, -0.15) is 4.68 Å². The molecule has 0 fully saturated rings. The molecule has 2 heterocycles. The smallest absolute Gasteiger partial charge is 0.329 e. The molecule has 1 amide bonds. The van der Waals surface area contributed by atoms with Crippen molar-refractivity contribution < 1.29 is 15.0 Å². The van der Waals surface area contributed by atoms with Gasteiger partial charge in [0.2, 0.25) is 5.88 Å². The fourth-order valence-corrected chi connectivity index (χ4v) is 3.48. The van der Waals surface area contributed by atoms with Crippen LogP contribution in [0.3, 0.4) is 0 Å². The Kier molecular flexibility index (Phi) is 4.09. The molecule has 0 spiro atoms. The molecule has 0 aliphatic carbocycles. The summed E-state index contributed by atoms with van der Waals surface area (Å²) >= 11 is 0.786. The Balaban J connectivity index is 1.67. The second-order valence-electron chi connectivity index (χ2n) is 5.72. The topological polar surface area (TPSA) is 104 Å². The van der Waals surface area contributed by atoms with Crippen LogP contribution in [0.2, 0.25) is 0 Å². The van der Waals surface area contributed by atoms with Crippen LogP contribution in [0.4, 0.5) is 5.69 Å². The van der Waals surface area contributed by atoms with Crippen LogP contribution in [0.25, 0.3) is 11.6 Å². The molecule has 3 aromatic rings. The molecule has 0 unspecified atom stereocenters. The molecule has 0 radical (unpaired) electrons. The average Bonchev–Trinajstić information content (AvgIpc) is 3.19. The van der Waals surface area contributed by atoms with E-state index in [1.807, 2.05) is 24.3 Å². The van der Waals surface area contributed by atoms with Crippen molar-refractivity contribution in [2.75, 3.05) is 5.43 Å². The van der Waals surface area contributed by atoms with Gasteiger partial charge < -0.3 is 10.2 Å². The summed E-state index contributed by atoms with van der Waals surface area (Å²) in [5.74, 6) is -1.33. The summed E-state index contributed by atoms with van der Waals surface area (Å²) in [5.41, 5.74) is 4.75. The number of aliphatic imine (C=N–C) groups is 1. The molecule has 8 heteroatoms. The molecular weight excluding hydrogens is 366 g/mol. The molecule has 4 rings (SSSR count). The van der Waals surface area contributed by atoms with Gasteiger partial charge in [-0.05, 0) is 24.3 Å². The Morgan fingerprint density at radius 3 is 2.67 bits per heavy atom. The molecule has 3 N–H and O–H groups in total. The first kappa shape index (κ1) is 16.8. The first-order chi connectivity index (χ1) is 13.0. The second kappa shape index (κ2) is 6.58. The summed E-state index contributed by atoms with van der Waals surface area (Å²) in [4.78, 5) is 28.5. The zero-order chi connectivity index (χ0) is 19.0. The van der Waals surface area contributed by atoms with Crippen molar-refractivity contribution in [3.8, 4) is 11.6 Å². The zero-order valence-electron chi connectivity index (χ0n) is 13.8. The third-order valence-electron chi connectivity index (χ3n) is 4.02. The maximum absolute atomic E-state index is 12.3. The van der Waals surface area contributed by atoms with Gasteiger partial charge in [0.25, 0.3) is 5.91 Å². The van der Waals surface area contributed by atoms with Gasteiger partial charge in [0.1, 0.15) is 5.75 Å². The molecule has 7 nitrogen and oxygen atoms in total. The van der Waals surface area contributed by atoms with Crippen LogP contribution < -0.4 is 10.3 Å². The number of aromatic nitrogens is 1. The van der Waals surface area contributed by atoms with Crippen LogP contribution in [0.5, 0.6) is 11.6 Å². The van der Waals surface area contributed by atoms with Crippen molar-refractivity contribution in [3.63, 3.8) is 0 Å². The van der Waals surface area contributed by atoms with Gasteiger partial charge in [-0.15, -0.1) is 0 Å². The maximum atomic E-state index is 12.3. The van der Waals surface area contributed by atoms with Gasteiger partial charge in [-0.3, -0.25) is 20.0 Å². The Labute approximate surface area is 157 Å². The average molecular weight is 379 g/mol. The number of carbonyl (C=O) groups excluding carboxylic acids is 1. The summed E-state index contributed by atoms with van der Waals surface area (Å²) in [6.07, 6.45) is 3.29. The number of hydrogen-bond acceptors (Lipinski definition) is 6. The van der Waals surface area contributed by atoms with E-state index in [0.717, 1.165) is 32.8 Å². The van der Waals surface area contributed by atoms with E-state index in [9.17, 15) is 19.8 Å². The van der Waals surface area contributed by atoms with Crippen LogP contribution in [-0.4, -0.2) is 27.0 Å². The number of thiazole rings is 1. The molecule has 1 aromatic heterocycles. The highest BCUT2D eigenvalue weighted by molar-refractivity contribution is 7.10. The monoisotopic (exact) mass is 379 g/mol. The van der Waals surface area contributed by atoms with Crippen LogP contribution in [-0.2, 0) is 0 Å². The van der Waals surface area contributed by atoms with Crippen LogP contribution in [0, 0.1) is 0 Å². The van der Waals surface area contributed by atoms with Gasteiger partial charge in [0.15, 0.2) is 0 Å². The Bertz CT molecular complexity index is 1170. The largest absolute Gasteiger partial charge is 0.507 e. The van der Waals surface area contributed by atoms with Crippen molar-refractivity contribution in [3.05, 3.63) is 74.2 Å². The van der Waals surface area contributed by atoms with Gasteiger partial charge in [0.05, 0.1) is 16.1 Å². The maximum Gasteiger partial charge on any atom is 0.329 e. The van der Waals surface area contributed by atoms with E-state index in [4.69, 9.17) is 0 Å². The lowest BCUT2D eigenvalue weighted by Gasteiger charge is -2.07. The standard InChI is InChI=1S/C19H13N3O4S/c23-15-8-4-2-6-13(15)17(24)21-22-18(25)16(27-19(22)26)9-11-10-20-14-7-3-1-5-12(11)14/h1-10,23,25H,(H,21,24)/b11-9+. The number of para-hydroxylation sites is 2. The number of phenolic OH excluding ortho intramolecular Hbond substituents is 1. The third-order valence-corrected chi connectivity index (χ3v) is 4.90. The summed E-state index contributed by atoms with van der Waals surface area (Å²) in [6.45, 7) is 0. The van der Waals surface area contributed by atoms with E-state index in [-0.39, 0.29) is 22.1 Å². The number of fused-ring (bicyclic) bond motifs is 1. The molecule has 2 aromatic carbocycles. The van der Waals surface area contributed by atoms with Crippen molar-refractivity contribution in [1.82, 2.24) is 4.68 Å². The van der Waals surface area contributed by atoms with Gasteiger partial charge in [0, 0.05) is 17.4 Å². The van der Waals surface area contributed by atoms with Crippen molar-refractivity contribution in [1.29, 1.82) is 0 Å². The van der Waals surface area contributed by atoms with Gasteiger partial charge in [-0.25, -0.2) is 0 Å². The Hall–Kier alpha value is -3.65. The number of amides is 1. The summed E-state index contributed by atoms with van der Waals surface area (Å²) in [7, 11) is 0. The molecule has 0 saturated carbocycles. The van der Waals surface area contributed by atoms with Gasteiger partial charge in [-0.1, -0.05) is 41.7 Å². The van der Waals surface area contributed by atoms with Crippen LogP contribution in [0.1, 0.15) is 20.8 Å². The number of allylic oxidation sites excluding steroid dienone is 1. The highest BCUT2D eigenvalue weighted by Gasteiger charge is 2.19. The summed E-state index contributed by atoms with van der Waals surface area (Å²) < 4.78 is 0.754. The van der Waals surface area contributed by atoms with Crippen LogP contribution >= 0.6 is 11.3 Å².